The van der Waals surface area contributed by atoms with Gasteiger partial charge in [0, 0.05) is 0 Å². The lowest BCUT2D eigenvalue weighted by atomic mass is 10.1. The molecular weight excluding hydrogens is 206 g/mol. The van der Waals surface area contributed by atoms with Crippen LogP contribution in [-0.4, -0.2) is 29.6 Å². The summed E-state index contributed by atoms with van der Waals surface area (Å²) in [6, 6.07) is 0. The Morgan fingerprint density at radius 2 is 1.64 bits per heavy atom. The van der Waals surface area contributed by atoms with Crippen molar-refractivity contribution in [3.63, 3.8) is 0 Å². The highest BCUT2D eigenvalue weighted by atomic mass is 32.2. The molecule has 0 saturated carbocycles. The Morgan fingerprint density at radius 1 is 1.29 bits per heavy atom. The lowest BCUT2D eigenvalue weighted by Crippen LogP contribution is -2.60. The number of hydrogen-bond acceptors (Lipinski definition) is 4. The van der Waals surface area contributed by atoms with Gasteiger partial charge in [-0.25, -0.2) is 13.2 Å². The molecule has 84 valence electrons. The lowest BCUT2D eigenvalue weighted by molar-refractivity contribution is -0.141. The van der Waals surface area contributed by atoms with Crippen LogP contribution in [0.25, 0.3) is 0 Å². The molecule has 0 aliphatic rings. The Labute approximate surface area is 84.2 Å². The number of sulfone groups is 1. The summed E-state index contributed by atoms with van der Waals surface area (Å²) < 4.78 is 23.5. The van der Waals surface area contributed by atoms with E-state index in [0.29, 0.717) is 0 Å². The first kappa shape index (κ1) is 13.4. The molecule has 1 atom stereocenters. The molecule has 0 bridgehead atoms. The normalized spacial score (nSPS) is 17.1. The Kier molecular flexibility index (Phi) is 3.69. The highest BCUT2D eigenvalue weighted by Gasteiger charge is 2.51. The number of nitrogens with two attached hydrogens (primary N) is 1. The summed E-state index contributed by atoms with van der Waals surface area (Å²) in [7, 11) is -3.86. The average molecular weight is 223 g/mol. The van der Waals surface area contributed by atoms with Crippen molar-refractivity contribution in [3.05, 3.63) is 0 Å². The molecule has 0 heterocycles. The molecule has 3 N–H and O–H groups in total. The zero-order valence-electron chi connectivity index (χ0n) is 8.81. The molecule has 0 aromatic carbocycles. The van der Waals surface area contributed by atoms with E-state index in [4.69, 9.17) is 10.8 Å². The molecular formula is C8H17NO4S. The first-order valence-corrected chi connectivity index (χ1v) is 5.88. The van der Waals surface area contributed by atoms with Gasteiger partial charge in [0.05, 0.1) is 5.25 Å². The standard InChI is InChI=1S/C8H17NO4S/c1-5(2)8(9,7(10)11)14(12,13)6(3)4/h5-6H,9H2,1-4H3,(H,10,11)/t8-/m0/s1. The number of aliphatic carboxylic acids is 1. The molecule has 14 heavy (non-hydrogen) atoms. The Hall–Kier alpha value is -0.620. The van der Waals surface area contributed by atoms with Crippen molar-refractivity contribution < 1.29 is 18.3 Å². The third kappa shape index (κ3) is 1.76. The van der Waals surface area contributed by atoms with Crippen LogP contribution in [0.3, 0.4) is 0 Å². The lowest BCUT2D eigenvalue weighted by Gasteiger charge is -2.30. The minimum Gasteiger partial charge on any atom is -0.479 e. The fraction of sp³-hybridized carbons (Fsp3) is 0.875. The fourth-order valence-corrected chi connectivity index (χ4v) is 2.77. The maximum atomic E-state index is 11.7. The maximum absolute atomic E-state index is 11.7. The monoisotopic (exact) mass is 223 g/mol. The highest BCUT2D eigenvalue weighted by molar-refractivity contribution is 7.94. The first-order chi connectivity index (χ1) is 6.08. The van der Waals surface area contributed by atoms with E-state index in [9.17, 15) is 13.2 Å². The molecule has 0 radical (unpaired) electrons. The average Bonchev–Trinajstić information content (AvgIpc) is 2.01. The van der Waals surface area contributed by atoms with Crippen LogP contribution in [0.2, 0.25) is 0 Å². The van der Waals surface area contributed by atoms with Crippen molar-refractivity contribution in [2.75, 3.05) is 0 Å². The molecule has 0 aliphatic heterocycles. The van der Waals surface area contributed by atoms with Crippen LogP contribution in [0.4, 0.5) is 0 Å². The molecule has 0 rings (SSSR count). The van der Waals surface area contributed by atoms with E-state index in [1.165, 1.54) is 27.7 Å². The van der Waals surface area contributed by atoms with Crippen molar-refractivity contribution in [3.8, 4) is 0 Å². The van der Waals surface area contributed by atoms with Gasteiger partial charge in [-0.15, -0.1) is 0 Å². The smallest absolute Gasteiger partial charge is 0.339 e. The van der Waals surface area contributed by atoms with E-state index in [1.807, 2.05) is 0 Å². The van der Waals surface area contributed by atoms with Gasteiger partial charge in [-0.2, -0.15) is 0 Å². The minimum absolute atomic E-state index is 0.674. The fourth-order valence-electron chi connectivity index (χ4n) is 1.09. The molecule has 0 saturated heterocycles. The number of carboxylic acid groups (broad SMARTS) is 1. The molecule has 0 aliphatic carbocycles. The molecule has 0 amide bonds. The minimum atomic E-state index is -3.86. The van der Waals surface area contributed by atoms with Crippen LogP contribution < -0.4 is 5.73 Å². The third-order valence-electron chi connectivity index (χ3n) is 2.28. The van der Waals surface area contributed by atoms with Crippen LogP contribution in [0.15, 0.2) is 0 Å². The van der Waals surface area contributed by atoms with E-state index in [-0.39, 0.29) is 0 Å². The zero-order valence-corrected chi connectivity index (χ0v) is 9.63. The Bertz CT molecular complexity index is 320. The first-order valence-electron chi connectivity index (χ1n) is 4.34. The van der Waals surface area contributed by atoms with E-state index in [0.717, 1.165) is 0 Å². The predicted octanol–water partition coefficient (Wildman–Crippen LogP) is 0.205. The molecule has 0 fully saturated rings. The van der Waals surface area contributed by atoms with E-state index < -0.39 is 31.8 Å². The summed E-state index contributed by atoms with van der Waals surface area (Å²) in [6.07, 6.45) is 0. The van der Waals surface area contributed by atoms with Crippen molar-refractivity contribution in [1.29, 1.82) is 0 Å². The summed E-state index contributed by atoms with van der Waals surface area (Å²) in [5.41, 5.74) is 5.47. The number of hydrogen-bond donors (Lipinski definition) is 2. The second-order valence-electron chi connectivity index (χ2n) is 3.85. The van der Waals surface area contributed by atoms with Gasteiger partial charge in [-0.05, 0) is 19.8 Å². The van der Waals surface area contributed by atoms with E-state index >= 15 is 0 Å². The predicted molar refractivity (Wildman–Crippen MR) is 53.4 cm³/mol. The topological polar surface area (TPSA) is 97.5 Å². The summed E-state index contributed by atoms with van der Waals surface area (Å²) >= 11 is 0. The summed E-state index contributed by atoms with van der Waals surface area (Å²) in [6.45, 7) is 5.80. The van der Waals surface area contributed by atoms with Crippen LogP contribution in [0, 0.1) is 5.92 Å². The molecule has 6 heteroatoms. The van der Waals surface area contributed by atoms with Gasteiger partial charge in [-0.1, -0.05) is 13.8 Å². The van der Waals surface area contributed by atoms with Gasteiger partial charge in [-0.3, -0.25) is 0 Å². The molecule has 0 aromatic heterocycles. The van der Waals surface area contributed by atoms with Gasteiger partial charge in [0.15, 0.2) is 9.84 Å². The zero-order chi connectivity index (χ0) is 11.7. The highest BCUT2D eigenvalue weighted by Crippen LogP contribution is 2.25. The molecule has 5 nitrogen and oxygen atoms in total. The van der Waals surface area contributed by atoms with Crippen molar-refractivity contribution in [1.82, 2.24) is 0 Å². The van der Waals surface area contributed by atoms with Crippen LogP contribution in [-0.2, 0) is 14.6 Å². The molecule has 0 spiro atoms. The van der Waals surface area contributed by atoms with Gasteiger partial charge in [0.25, 0.3) is 0 Å². The Balaban J connectivity index is 5.58. The number of carbonyl (C=O) groups is 1. The number of carboxylic acids is 1. The van der Waals surface area contributed by atoms with Crippen LogP contribution >= 0.6 is 0 Å². The van der Waals surface area contributed by atoms with Crippen molar-refractivity contribution in [2.45, 2.75) is 37.8 Å². The third-order valence-corrected chi connectivity index (χ3v) is 5.11. The van der Waals surface area contributed by atoms with Crippen molar-refractivity contribution >= 4 is 15.8 Å². The summed E-state index contributed by atoms with van der Waals surface area (Å²) in [5, 5.41) is 8.08. The van der Waals surface area contributed by atoms with E-state index in [1.54, 1.807) is 0 Å². The molecule has 0 unspecified atom stereocenters. The van der Waals surface area contributed by atoms with Crippen LogP contribution in [0.1, 0.15) is 27.7 Å². The Morgan fingerprint density at radius 3 is 1.71 bits per heavy atom. The SMILES string of the molecule is CC(C)[C@@](N)(C(=O)O)S(=O)(=O)C(C)C. The van der Waals surface area contributed by atoms with Gasteiger partial charge in [0.1, 0.15) is 0 Å². The quantitative estimate of drug-likeness (QED) is 0.709. The van der Waals surface area contributed by atoms with Gasteiger partial charge >= 0.3 is 5.97 Å². The largest absolute Gasteiger partial charge is 0.479 e. The summed E-state index contributed by atoms with van der Waals surface area (Å²) in [5.74, 6) is -2.17. The second-order valence-corrected chi connectivity index (χ2v) is 6.56. The maximum Gasteiger partial charge on any atom is 0.339 e. The van der Waals surface area contributed by atoms with E-state index in [2.05, 4.69) is 0 Å². The summed E-state index contributed by atoms with van der Waals surface area (Å²) in [4.78, 5) is 8.72. The van der Waals surface area contributed by atoms with Crippen LogP contribution in [0.5, 0.6) is 0 Å². The second kappa shape index (κ2) is 3.86. The molecule has 0 aromatic rings. The van der Waals surface area contributed by atoms with Gasteiger partial charge in [0.2, 0.25) is 4.87 Å². The van der Waals surface area contributed by atoms with Gasteiger partial charge < -0.3 is 10.8 Å². The van der Waals surface area contributed by atoms with Crippen molar-refractivity contribution in [2.24, 2.45) is 11.7 Å². The number of rotatable bonds is 4.